The van der Waals surface area contributed by atoms with Gasteiger partial charge in [-0.3, -0.25) is 9.48 Å². The van der Waals surface area contributed by atoms with Gasteiger partial charge in [-0.25, -0.2) is 9.78 Å². The number of aromatic carboxylic acids is 1. The number of nitrogens with zero attached hydrogens (tertiary/aromatic N) is 3. The normalized spacial score (nSPS) is 10.1. The Labute approximate surface area is 120 Å². The molecule has 0 spiro atoms. The van der Waals surface area contributed by atoms with Crippen molar-refractivity contribution in [2.24, 2.45) is 0 Å². The molecular weight excluding hydrogens is 276 g/mol. The van der Waals surface area contributed by atoms with E-state index in [1.165, 1.54) is 38.0 Å². The van der Waals surface area contributed by atoms with Crippen LogP contribution in [0.1, 0.15) is 16.8 Å². The van der Waals surface area contributed by atoms with Gasteiger partial charge in [-0.1, -0.05) is 0 Å². The molecule has 1 aromatic carbocycles. The van der Waals surface area contributed by atoms with E-state index in [1.54, 1.807) is 4.68 Å². The fourth-order valence-electron chi connectivity index (χ4n) is 1.73. The standard InChI is InChI=1S/C13H14N4O4/c1-21-11-6-9(2-3-10(11)13(19)20)16-12(18)4-5-17-8-14-7-15-17/h2-3,6-8H,4-5H2,1H3,(H,16,18)(H,19,20). The van der Waals surface area contributed by atoms with Crippen LogP contribution < -0.4 is 10.1 Å². The summed E-state index contributed by atoms with van der Waals surface area (Å²) in [6, 6.07) is 4.37. The van der Waals surface area contributed by atoms with E-state index in [0.29, 0.717) is 12.2 Å². The molecule has 0 saturated heterocycles. The van der Waals surface area contributed by atoms with Crippen molar-refractivity contribution < 1.29 is 19.4 Å². The highest BCUT2D eigenvalue weighted by atomic mass is 16.5. The van der Waals surface area contributed by atoms with Gasteiger partial charge in [0.1, 0.15) is 24.0 Å². The summed E-state index contributed by atoms with van der Waals surface area (Å²) in [6.45, 7) is 0.413. The molecule has 0 radical (unpaired) electrons. The molecule has 0 saturated carbocycles. The number of aryl methyl sites for hydroxylation is 1. The zero-order valence-electron chi connectivity index (χ0n) is 11.3. The fourth-order valence-corrected chi connectivity index (χ4v) is 1.73. The number of amides is 1. The Hall–Kier alpha value is -2.90. The second kappa shape index (κ2) is 6.51. The third-order valence-electron chi connectivity index (χ3n) is 2.75. The number of anilines is 1. The summed E-state index contributed by atoms with van der Waals surface area (Å²) < 4.78 is 6.54. The Balaban J connectivity index is 1.99. The average molecular weight is 290 g/mol. The summed E-state index contributed by atoms with van der Waals surface area (Å²) in [4.78, 5) is 26.5. The number of hydrogen-bond donors (Lipinski definition) is 2. The molecule has 0 bridgehead atoms. The molecule has 1 aromatic heterocycles. The first-order valence-electron chi connectivity index (χ1n) is 6.13. The number of nitrogens with one attached hydrogen (secondary N) is 1. The number of benzene rings is 1. The van der Waals surface area contributed by atoms with E-state index in [0.717, 1.165) is 0 Å². The van der Waals surface area contributed by atoms with Crippen LogP contribution in [0.5, 0.6) is 5.75 Å². The van der Waals surface area contributed by atoms with Gasteiger partial charge >= 0.3 is 5.97 Å². The highest BCUT2D eigenvalue weighted by molar-refractivity contribution is 5.94. The molecule has 8 heteroatoms. The van der Waals surface area contributed by atoms with Gasteiger partial charge in [0.2, 0.25) is 5.91 Å². The SMILES string of the molecule is COc1cc(NC(=O)CCn2cncn2)ccc1C(=O)O. The summed E-state index contributed by atoms with van der Waals surface area (Å²) in [6.07, 6.45) is 3.15. The van der Waals surface area contributed by atoms with Gasteiger partial charge in [0.15, 0.2) is 0 Å². The number of carboxylic acids is 1. The molecule has 110 valence electrons. The maximum absolute atomic E-state index is 11.8. The first-order valence-corrected chi connectivity index (χ1v) is 6.13. The van der Waals surface area contributed by atoms with Crippen LogP contribution in [0, 0.1) is 0 Å². The molecule has 1 heterocycles. The number of hydrogen-bond acceptors (Lipinski definition) is 5. The molecule has 0 unspecified atom stereocenters. The zero-order chi connectivity index (χ0) is 15.2. The molecule has 2 aromatic rings. The minimum absolute atomic E-state index is 0.0399. The van der Waals surface area contributed by atoms with Crippen molar-refractivity contribution >= 4 is 17.6 Å². The van der Waals surface area contributed by atoms with Crippen LogP contribution in [0.4, 0.5) is 5.69 Å². The van der Waals surface area contributed by atoms with Gasteiger partial charge in [0.05, 0.1) is 13.7 Å². The minimum atomic E-state index is -1.09. The molecule has 0 atom stereocenters. The van der Waals surface area contributed by atoms with Gasteiger partial charge in [-0.05, 0) is 12.1 Å². The molecule has 0 aliphatic heterocycles. The third kappa shape index (κ3) is 3.78. The lowest BCUT2D eigenvalue weighted by atomic mass is 10.2. The van der Waals surface area contributed by atoms with E-state index in [4.69, 9.17) is 9.84 Å². The Morgan fingerprint density at radius 3 is 2.86 bits per heavy atom. The van der Waals surface area contributed by atoms with E-state index in [-0.39, 0.29) is 23.6 Å². The van der Waals surface area contributed by atoms with Crippen LogP contribution in [0.25, 0.3) is 0 Å². The number of carbonyl (C=O) groups is 2. The van der Waals surface area contributed by atoms with Crippen LogP contribution in [-0.4, -0.2) is 38.9 Å². The van der Waals surface area contributed by atoms with Crippen LogP contribution in [0.2, 0.25) is 0 Å². The summed E-state index contributed by atoms with van der Waals surface area (Å²) in [5.74, 6) is -1.11. The van der Waals surface area contributed by atoms with Crippen LogP contribution in [0.3, 0.4) is 0 Å². The molecule has 1 amide bonds. The highest BCUT2D eigenvalue weighted by Crippen LogP contribution is 2.23. The van der Waals surface area contributed by atoms with E-state index in [2.05, 4.69) is 15.4 Å². The molecule has 0 aliphatic rings. The summed E-state index contributed by atoms with van der Waals surface area (Å²) in [7, 11) is 1.37. The smallest absolute Gasteiger partial charge is 0.339 e. The molecule has 2 rings (SSSR count). The number of ether oxygens (including phenoxy) is 1. The number of aromatic nitrogens is 3. The second-order valence-electron chi connectivity index (χ2n) is 4.18. The Bertz CT molecular complexity index is 640. The molecular formula is C13H14N4O4. The van der Waals surface area contributed by atoms with Crippen molar-refractivity contribution in [2.45, 2.75) is 13.0 Å². The molecule has 0 fully saturated rings. The third-order valence-corrected chi connectivity index (χ3v) is 2.75. The molecule has 8 nitrogen and oxygen atoms in total. The van der Waals surface area contributed by atoms with Crippen molar-refractivity contribution in [3.8, 4) is 5.75 Å². The second-order valence-corrected chi connectivity index (χ2v) is 4.18. The lowest BCUT2D eigenvalue weighted by molar-refractivity contribution is -0.116. The maximum atomic E-state index is 11.8. The zero-order valence-corrected chi connectivity index (χ0v) is 11.3. The van der Waals surface area contributed by atoms with Crippen LogP contribution in [0.15, 0.2) is 30.9 Å². The monoisotopic (exact) mass is 290 g/mol. The lowest BCUT2D eigenvalue weighted by Crippen LogP contribution is -2.15. The molecule has 2 N–H and O–H groups in total. The summed E-state index contributed by atoms with van der Waals surface area (Å²) >= 11 is 0. The summed E-state index contributed by atoms with van der Waals surface area (Å²) in [5, 5.41) is 15.5. The van der Waals surface area contributed by atoms with Gasteiger partial charge < -0.3 is 15.2 Å². The minimum Gasteiger partial charge on any atom is -0.496 e. The number of carboxylic acid groups (broad SMARTS) is 1. The average Bonchev–Trinajstić information content (AvgIpc) is 2.98. The predicted octanol–water partition coefficient (Wildman–Crippen LogP) is 1.01. The number of rotatable bonds is 6. The van der Waals surface area contributed by atoms with Crippen LogP contribution >= 0.6 is 0 Å². The Morgan fingerprint density at radius 2 is 2.24 bits per heavy atom. The number of methoxy groups -OCH3 is 1. The summed E-state index contributed by atoms with van der Waals surface area (Å²) in [5.41, 5.74) is 0.513. The van der Waals surface area contributed by atoms with Crippen molar-refractivity contribution in [3.63, 3.8) is 0 Å². The number of carbonyl (C=O) groups excluding carboxylic acids is 1. The van der Waals surface area contributed by atoms with Gasteiger partial charge in [0.25, 0.3) is 0 Å². The topological polar surface area (TPSA) is 106 Å². The van der Waals surface area contributed by atoms with E-state index < -0.39 is 5.97 Å². The van der Waals surface area contributed by atoms with Crippen LogP contribution in [-0.2, 0) is 11.3 Å². The van der Waals surface area contributed by atoms with Gasteiger partial charge in [-0.2, -0.15) is 5.10 Å². The van der Waals surface area contributed by atoms with Crippen molar-refractivity contribution in [3.05, 3.63) is 36.4 Å². The van der Waals surface area contributed by atoms with Crippen molar-refractivity contribution in [1.29, 1.82) is 0 Å². The van der Waals surface area contributed by atoms with Gasteiger partial charge in [0, 0.05) is 18.2 Å². The molecule has 0 aliphatic carbocycles. The van der Waals surface area contributed by atoms with E-state index in [9.17, 15) is 9.59 Å². The van der Waals surface area contributed by atoms with E-state index in [1.807, 2.05) is 0 Å². The van der Waals surface area contributed by atoms with Crippen molar-refractivity contribution in [1.82, 2.24) is 14.8 Å². The van der Waals surface area contributed by atoms with Gasteiger partial charge in [-0.15, -0.1) is 0 Å². The molecule has 21 heavy (non-hydrogen) atoms. The first-order chi connectivity index (χ1) is 10.1. The predicted molar refractivity (Wildman–Crippen MR) is 73.2 cm³/mol. The highest BCUT2D eigenvalue weighted by Gasteiger charge is 2.12. The first kappa shape index (κ1) is 14.5. The lowest BCUT2D eigenvalue weighted by Gasteiger charge is -2.09. The quantitative estimate of drug-likeness (QED) is 0.822. The fraction of sp³-hybridized carbons (Fsp3) is 0.231. The maximum Gasteiger partial charge on any atom is 0.339 e. The largest absolute Gasteiger partial charge is 0.496 e. The Kier molecular flexibility index (Phi) is 4.50. The van der Waals surface area contributed by atoms with E-state index >= 15 is 0 Å². The Morgan fingerprint density at radius 1 is 1.43 bits per heavy atom. The van der Waals surface area contributed by atoms with Crippen molar-refractivity contribution in [2.75, 3.05) is 12.4 Å².